The fraction of sp³-hybridized carbons (Fsp3) is 0.231. The molecule has 18 heavy (non-hydrogen) atoms. The topological polar surface area (TPSA) is 52.6 Å². The van der Waals surface area contributed by atoms with Crippen LogP contribution < -0.4 is 0 Å². The molecule has 96 valence electrons. The Bertz CT molecular complexity index is 480. The van der Waals surface area contributed by atoms with Gasteiger partial charge in [-0.2, -0.15) is 0 Å². The molecule has 0 spiro atoms. The Morgan fingerprint density at radius 3 is 2.67 bits per heavy atom. The Kier molecular flexibility index (Phi) is 5.05. The second-order valence-electron chi connectivity index (χ2n) is 3.32. The maximum absolute atomic E-state index is 13.5. The maximum atomic E-state index is 13.5. The van der Waals surface area contributed by atoms with Crippen LogP contribution in [-0.4, -0.2) is 25.7 Å². The summed E-state index contributed by atoms with van der Waals surface area (Å²) in [6.45, 7) is 1.97. The standard InChI is InChI=1S/C13H13FO4/c1-3-18-12(15)7-5-9-4-6-10(11(14)8-9)13(16)17-2/h4-8H,3H2,1-2H3. The summed E-state index contributed by atoms with van der Waals surface area (Å²) in [5.74, 6) is -1.95. The summed E-state index contributed by atoms with van der Waals surface area (Å²) in [5, 5.41) is 0. The van der Waals surface area contributed by atoms with Gasteiger partial charge in [0.1, 0.15) is 5.82 Å². The molecular formula is C13H13FO4. The second-order valence-corrected chi connectivity index (χ2v) is 3.32. The summed E-state index contributed by atoms with van der Waals surface area (Å²) in [5.41, 5.74) is 0.305. The molecule has 0 saturated heterocycles. The second kappa shape index (κ2) is 6.54. The Balaban J connectivity index is 2.85. The highest BCUT2D eigenvalue weighted by atomic mass is 19.1. The minimum atomic E-state index is -0.742. The molecule has 5 heteroatoms. The van der Waals surface area contributed by atoms with E-state index in [0.717, 1.165) is 6.07 Å². The summed E-state index contributed by atoms with van der Waals surface area (Å²) in [6.07, 6.45) is 2.60. The Hall–Kier alpha value is -2.17. The molecule has 1 aromatic carbocycles. The number of methoxy groups -OCH3 is 1. The predicted molar refractivity (Wildman–Crippen MR) is 63.4 cm³/mol. The number of halogens is 1. The lowest BCUT2D eigenvalue weighted by atomic mass is 10.1. The van der Waals surface area contributed by atoms with Crippen LogP contribution in [0.25, 0.3) is 6.08 Å². The van der Waals surface area contributed by atoms with Crippen LogP contribution in [0.1, 0.15) is 22.8 Å². The zero-order valence-electron chi connectivity index (χ0n) is 10.1. The Labute approximate surface area is 104 Å². The zero-order chi connectivity index (χ0) is 13.5. The van der Waals surface area contributed by atoms with E-state index in [-0.39, 0.29) is 12.2 Å². The van der Waals surface area contributed by atoms with Gasteiger partial charge < -0.3 is 9.47 Å². The quantitative estimate of drug-likeness (QED) is 0.609. The molecule has 0 unspecified atom stereocenters. The minimum Gasteiger partial charge on any atom is -0.465 e. The number of carbonyl (C=O) groups is 2. The monoisotopic (exact) mass is 252 g/mol. The first kappa shape index (κ1) is 13.9. The Morgan fingerprint density at radius 2 is 2.11 bits per heavy atom. The van der Waals surface area contributed by atoms with Crippen LogP contribution in [-0.2, 0) is 14.3 Å². The van der Waals surface area contributed by atoms with Crippen molar-refractivity contribution in [2.24, 2.45) is 0 Å². The predicted octanol–water partition coefficient (Wildman–Crippen LogP) is 2.19. The first-order chi connectivity index (χ1) is 8.58. The lowest BCUT2D eigenvalue weighted by Crippen LogP contribution is -2.04. The minimum absolute atomic E-state index is 0.147. The molecule has 0 atom stereocenters. The highest BCUT2D eigenvalue weighted by molar-refractivity contribution is 5.90. The van der Waals surface area contributed by atoms with Crippen molar-refractivity contribution in [2.75, 3.05) is 13.7 Å². The SMILES string of the molecule is CCOC(=O)C=Cc1ccc(C(=O)OC)c(F)c1. The molecular weight excluding hydrogens is 239 g/mol. The number of hydrogen-bond donors (Lipinski definition) is 0. The van der Waals surface area contributed by atoms with E-state index in [0.29, 0.717) is 5.56 Å². The number of benzene rings is 1. The van der Waals surface area contributed by atoms with Gasteiger partial charge in [0.25, 0.3) is 0 Å². The molecule has 0 fully saturated rings. The van der Waals surface area contributed by atoms with Crippen molar-refractivity contribution in [2.45, 2.75) is 6.92 Å². The lowest BCUT2D eigenvalue weighted by Gasteiger charge is -2.02. The molecule has 0 amide bonds. The van der Waals surface area contributed by atoms with Crippen molar-refractivity contribution in [3.63, 3.8) is 0 Å². The molecule has 0 N–H and O–H groups in total. The third kappa shape index (κ3) is 3.69. The van der Waals surface area contributed by atoms with E-state index in [1.165, 1.54) is 31.4 Å². The summed E-state index contributed by atoms with van der Waals surface area (Å²) in [4.78, 5) is 22.2. The summed E-state index contributed by atoms with van der Waals surface area (Å²) >= 11 is 0. The fourth-order valence-electron chi connectivity index (χ4n) is 1.27. The van der Waals surface area contributed by atoms with E-state index in [2.05, 4.69) is 9.47 Å². The third-order valence-corrected chi connectivity index (χ3v) is 2.10. The molecule has 0 saturated carbocycles. The summed E-state index contributed by atoms with van der Waals surface area (Å²) in [6, 6.07) is 3.94. The van der Waals surface area contributed by atoms with Gasteiger partial charge in [-0.25, -0.2) is 14.0 Å². The largest absolute Gasteiger partial charge is 0.465 e. The van der Waals surface area contributed by atoms with Gasteiger partial charge in [-0.3, -0.25) is 0 Å². The van der Waals surface area contributed by atoms with Gasteiger partial charge in [0.15, 0.2) is 0 Å². The van der Waals surface area contributed by atoms with Gasteiger partial charge in [-0.05, 0) is 30.7 Å². The van der Waals surface area contributed by atoms with E-state index < -0.39 is 17.8 Å². The van der Waals surface area contributed by atoms with E-state index in [1.807, 2.05) is 0 Å². The molecule has 1 aromatic rings. The van der Waals surface area contributed by atoms with Crippen LogP contribution in [0.4, 0.5) is 4.39 Å². The fourth-order valence-corrected chi connectivity index (χ4v) is 1.27. The lowest BCUT2D eigenvalue weighted by molar-refractivity contribution is -0.137. The number of rotatable bonds is 4. The van der Waals surface area contributed by atoms with Gasteiger partial charge in [0.2, 0.25) is 0 Å². The van der Waals surface area contributed by atoms with Crippen molar-refractivity contribution in [1.82, 2.24) is 0 Å². The van der Waals surface area contributed by atoms with E-state index >= 15 is 0 Å². The maximum Gasteiger partial charge on any atom is 0.340 e. The van der Waals surface area contributed by atoms with Crippen molar-refractivity contribution in [1.29, 1.82) is 0 Å². The first-order valence-electron chi connectivity index (χ1n) is 5.31. The average molecular weight is 252 g/mol. The van der Waals surface area contributed by atoms with Gasteiger partial charge in [0.05, 0.1) is 19.3 Å². The summed E-state index contributed by atoms with van der Waals surface area (Å²) < 4.78 is 22.6. The molecule has 4 nitrogen and oxygen atoms in total. The molecule has 0 heterocycles. The molecule has 0 bridgehead atoms. The molecule has 1 rings (SSSR count). The van der Waals surface area contributed by atoms with Crippen LogP contribution in [0.5, 0.6) is 0 Å². The van der Waals surface area contributed by atoms with Crippen LogP contribution in [0.2, 0.25) is 0 Å². The first-order valence-corrected chi connectivity index (χ1v) is 5.31. The van der Waals surface area contributed by atoms with E-state index in [9.17, 15) is 14.0 Å². The van der Waals surface area contributed by atoms with Crippen LogP contribution in [0.3, 0.4) is 0 Å². The zero-order valence-corrected chi connectivity index (χ0v) is 10.1. The van der Waals surface area contributed by atoms with Crippen LogP contribution in [0.15, 0.2) is 24.3 Å². The smallest absolute Gasteiger partial charge is 0.340 e. The summed E-state index contributed by atoms with van der Waals surface area (Å²) in [7, 11) is 1.18. The molecule has 0 aliphatic carbocycles. The van der Waals surface area contributed by atoms with E-state index in [4.69, 9.17) is 0 Å². The average Bonchev–Trinajstić information content (AvgIpc) is 2.36. The molecule has 0 aromatic heterocycles. The van der Waals surface area contributed by atoms with Crippen molar-refractivity contribution < 1.29 is 23.5 Å². The third-order valence-electron chi connectivity index (χ3n) is 2.10. The molecule has 0 aliphatic rings. The van der Waals surface area contributed by atoms with Gasteiger partial charge >= 0.3 is 11.9 Å². The number of carbonyl (C=O) groups excluding carboxylic acids is 2. The number of hydrogen-bond acceptors (Lipinski definition) is 4. The van der Waals surface area contributed by atoms with Crippen LogP contribution >= 0.6 is 0 Å². The molecule has 0 radical (unpaired) electrons. The highest BCUT2D eigenvalue weighted by Crippen LogP contribution is 2.12. The number of esters is 2. The van der Waals surface area contributed by atoms with Gasteiger partial charge in [-0.1, -0.05) is 6.07 Å². The van der Waals surface area contributed by atoms with Crippen LogP contribution in [0, 0.1) is 5.82 Å². The van der Waals surface area contributed by atoms with E-state index in [1.54, 1.807) is 6.92 Å². The highest BCUT2D eigenvalue weighted by Gasteiger charge is 2.11. The van der Waals surface area contributed by atoms with Crippen molar-refractivity contribution in [3.05, 3.63) is 41.2 Å². The van der Waals surface area contributed by atoms with Gasteiger partial charge in [0, 0.05) is 6.08 Å². The van der Waals surface area contributed by atoms with Crippen molar-refractivity contribution in [3.8, 4) is 0 Å². The normalized spacial score (nSPS) is 10.4. The van der Waals surface area contributed by atoms with Gasteiger partial charge in [-0.15, -0.1) is 0 Å². The Morgan fingerprint density at radius 1 is 1.39 bits per heavy atom. The van der Waals surface area contributed by atoms with Crippen molar-refractivity contribution >= 4 is 18.0 Å². The number of ether oxygens (including phenoxy) is 2. The molecule has 0 aliphatic heterocycles.